The molecule has 4 rings (SSSR count). The normalized spacial score (nSPS) is 28.1. The van der Waals surface area contributed by atoms with Crippen molar-refractivity contribution in [2.24, 2.45) is 11.8 Å². The van der Waals surface area contributed by atoms with E-state index in [1.54, 1.807) is 12.1 Å². The number of non-ortho nitro benzene ring substituents is 1. The molecule has 1 aromatic rings. The third-order valence-corrected chi connectivity index (χ3v) is 6.75. The zero-order valence-electron chi connectivity index (χ0n) is 16.8. The fourth-order valence-corrected chi connectivity index (χ4v) is 5.03. The molecule has 1 saturated carbocycles. The predicted octanol–water partition coefficient (Wildman–Crippen LogP) is 1.96. The van der Waals surface area contributed by atoms with Crippen molar-refractivity contribution in [2.45, 2.75) is 57.2 Å². The van der Waals surface area contributed by atoms with E-state index in [-0.39, 0.29) is 22.6 Å². The molecule has 1 aromatic carbocycles. The molecule has 0 spiro atoms. The summed E-state index contributed by atoms with van der Waals surface area (Å²) in [5.74, 6) is 1.04. The first-order valence-corrected chi connectivity index (χ1v) is 10.8. The van der Waals surface area contributed by atoms with Crippen LogP contribution >= 0.6 is 0 Å². The van der Waals surface area contributed by atoms with E-state index in [1.165, 1.54) is 18.9 Å². The average Bonchev–Trinajstić information content (AvgIpc) is 3.17. The Morgan fingerprint density at radius 2 is 1.97 bits per heavy atom. The maximum absolute atomic E-state index is 12.7. The monoisotopic (exact) mass is 401 g/mol. The number of likely N-dealkylation sites (tertiary alicyclic amines) is 1. The lowest BCUT2D eigenvalue weighted by molar-refractivity contribution is -0.384. The highest BCUT2D eigenvalue weighted by molar-refractivity contribution is 5.82. The van der Waals surface area contributed by atoms with Crippen LogP contribution in [-0.2, 0) is 11.3 Å². The van der Waals surface area contributed by atoms with Crippen LogP contribution in [0.2, 0.25) is 0 Å². The Labute approximate surface area is 171 Å². The quantitative estimate of drug-likeness (QED) is 0.498. The van der Waals surface area contributed by atoms with Gasteiger partial charge in [-0.05, 0) is 50.3 Å². The number of benzene rings is 1. The standard InChI is InChI=1S/C21H31N5O3/c27-21(20-18-6-1-2-7-19(18)23-24-20)22-13-15-8-10-25(11-9-15)14-16-4-3-5-17(12-16)26(28)29/h3-5,12,15,18-20,23-24H,1-2,6-11,13-14H2,(H,22,27). The topological polar surface area (TPSA) is 99.5 Å². The molecule has 3 aliphatic rings. The summed E-state index contributed by atoms with van der Waals surface area (Å²) in [6, 6.07) is 7.22. The van der Waals surface area contributed by atoms with E-state index < -0.39 is 0 Å². The molecule has 2 saturated heterocycles. The third kappa shape index (κ3) is 4.94. The molecule has 8 nitrogen and oxygen atoms in total. The van der Waals surface area contributed by atoms with Crippen LogP contribution in [0.15, 0.2) is 24.3 Å². The summed E-state index contributed by atoms with van der Waals surface area (Å²) in [5.41, 5.74) is 7.65. The minimum absolute atomic E-state index is 0.103. The molecule has 29 heavy (non-hydrogen) atoms. The van der Waals surface area contributed by atoms with Crippen LogP contribution < -0.4 is 16.2 Å². The van der Waals surface area contributed by atoms with Gasteiger partial charge in [-0.3, -0.25) is 25.2 Å². The van der Waals surface area contributed by atoms with Crippen molar-refractivity contribution in [1.82, 2.24) is 21.1 Å². The molecule has 1 amide bonds. The van der Waals surface area contributed by atoms with Crippen LogP contribution in [0.4, 0.5) is 5.69 Å². The number of hydrogen-bond donors (Lipinski definition) is 3. The van der Waals surface area contributed by atoms with Gasteiger partial charge in [0.2, 0.25) is 5.91 Å². The van der Waals surface area contributed by atoms with Gasteiger partial charge in [-0.15, -0.1) is 0 Å². The van der Waals surface area contributed by atoms with Crippen LogP contribution in [-0.4, -0.2) is 47.4 Å². The predicted molar refractivity (Wildman–Crippen MR) is 110 cm³/mol. The fraction of sp³-hybridized carbons (Fsp3) is 0.667. The number of carbonyl (C=O) groups excluding carboxylic acids is 1. The summed E-state index contributed by atoms with van der Waals surface area (Å²) in [6.07, 6.45) is 6.83. The summed E-state index contributed by atoms with van der Waals surface area (Å²) >= 11 is 0. The first-order chi connectivity index (χ1) is 14.1. The van der Waals surface area contributed by atoms with E-state index in [0.29, 0.717) is 17.9 Å². The van der Waals surface area contributed by atoms with E-state index in [2.05, 4.69) is 21.1 Å². The lowest BCUT2D eigenvalue weighted by Crippen LogP contribution is -2.47. The van der Waals surface area contributed by atoms with Gasteiger partial charge < -0.3 is 5.32 Å². The molecular formula is C21H31N5O3. The van der Waals surface area contributed by atoms with E-state index in [1.807, 2.05) is 6.07 Å². The molecule has 8 heteroatoms. The average molecular weight is 402 g/mol. The van der Waals surface area contributed by atoms with Gasteiger partial charge in [0.25, 0.3) is 5.69 Å². The highest BCUT2D eigenvalue weighted by Gasteiger charge is 2.41. The highest BCUT2D eigenvalue weighted by Crippen LogP contribution is 2.30. The van der Waals surface area contributed by atoms with Crippen molar-refractivity contribution < 1.29 is 9.72 Å². The first-order valence-electron chi connectivity index (χ1n) is 10.8. The molecule has 3 atom stereocenters. The number of fused-ring (bicyclic) bond motifs is 1. The smallest absolute Gasteiger partial charge is 0.269 e. The number of nitro groups is 1. The molecule has 0 radical (unpaired) electrons. The Morgan fingerprint density at radius 3 is 2.76 bits per heavy atom. The zero-order valence-corrected chi connectivity index (χ0v) is 16.8. The Morgan fingerprint density at radius 1 is 1.17 bits per heavy atom. The SMILES string of the molecule is O=C(NCC1CCN(Cc2cccc([N+](=O)[O-])c2)CC1)C1NNC2CCCCC21. The molecular weight excluding hydrogens is 370 g/mol. The fourth-order valence-electron chi connectivity index (χ4n) is 5.03. The minimum Gasteiger partial charge on any atom is -0.354 e. The first kappa shape index (κ1) is 20.3. The molecule has 0 aromatic heterocycles. The van der Waals surface area contributed by atoms with Crippen LogP contribution in [0.5, 0.6) is 0 Å². The van der Waals surface area contributed by atoms with Gasteiger partial charge in [0.05, 0.1) is 4.92 Å². The van der Waals surface area contributed by atoms with Crippen molar-refractivity contribution in [2.75, 3.05) is 19.6 Å². The zero-order chi connectivity index (χ0) is 20.2. The summed E-state index contributed by atoms with van der Waals surface area (Å²) in [5, 5.41) is 14.1. The number of piperidine rings is 1. The van der Waals surface area contributed by atoms with Crippen molar-refractivity contribution in [3.8, 4) is 0 Å². The van der Waals surface area contributed by atoms with Crippen LogP contribution in [0, 0.1) is 22.0 Å². The van der Waals surface area contributed by atoms with E-state index >= 15 is 0 Å². The van der Waals surface area contributed by atoms with Gasteiger partial charge >= 0.3 is 0 Å². The lowest BCUT2D eigenvalue weighted by atomic mass is 9.81. The number of hydrogen-bond acceptors (Lipinski definition) is 6. The largest absolute Gasteiger partial charge is 0.354 e. The number of carbonyl (C=O) groups is 1. The number of nitrogens with one attached hydrogen (secondary N) is 3. The van der Waals surface area contributed by atoms with Gasteiger partial charge in [-0.1, -0.05) is 25.0 Å². The van der Waals surface area contributed by atoms with Gasteiger partial charge in [0, 0.05) is 37.2 Å². The molecule has 1 aliphatic carbocycles. The van der Waals surface area contributed by atoms with Crippen molar-refractivity contribution in [3.63, 3.8) is 0 Å². The van der Waals surface area contributed by atoms with E-state index in [4.69, 9.17) is 0 Å². The number of nitro benzene ring substituents is 1. The lowest BCUT2D eigenvalue weighted by Gasteiger charge is -2.32. The molecule has 3 unspecified atom stereocenters. The summed E-state index contributed by atoms with van der Waals surface area (Å²) < 4.78 is 0. The van der Waals surface area contributed by atoms with Crippen molar-refractivity contribution in [1.29, 1.82) is 0 Å². The Balaban J connectivity index is 1.20. The molecule has 3 fully saturated rings. The number of nitrogens with zero attached hydrogens (tertiary/aromatic N) is 2. The number of amides is 1. The van der Waals surface area contributed by atoms with Crippen LogP contribution in [0.25, 0.3) is 0 Å². The van der Waals surface area contributed by atoms with E-state index in [9.17, 15) is 14.9 Å². The van der Waals surface area contributed by atoms with Crippen LogP contribution in [0.3, 0.4) is 0 Å². The van der Waals surface area contributed by atoms with Crippen LogP contribution in [0.1, 0.15) is 44.1 Å². The number of rotatable bonds is 6. The van der Waals surface area contributed by atoms with Crippen molar-refractivity contribution >= 4 is 11.6 Å². The Bertz CT molecular complexity index is 735. The summed E-state index contributed by atoms with van der Waals surface area (Å²) in [7, 11) is 0. The Kier molecular flexibility index (Phi) is 6.42. The highest BCUT2D eigenvalue weighted by atomic mass is 16.6. The minimum atomic E-state index is -0.345. The van der Waals surface area contributed by atoms with Gasteiger partial charge in [-0.2, -0.15) is 0 Å². The number of hydrazine groups is 1. The van der Waals surface area contributed by atoms with Gasteiger partial charge in [-0.25, -0.2) is 5.43 Å². The third-order valence-electron chi connectivity index (χ3n) is 6.75. The second-order valence-corrected chi connectivity index (χ2v) is 8.71. The maximum Gasteiger partial charge on any atom is 0.269 e. The molecule has 2 aliphatic heterocycles. The summed E-state index contributed by atoms with van der Waals surface area (Å²) in [6.45, 7) is 3.38. The van der Waals surface area contributed by atoms with Crippen molar-refractivity contribution in [3.05, 3.63) is 39.9 Å². The maximum atomic E-state index is 12.7. The second-order valence-electron chi connectivity index (χ2n) is 8.71. The van der Waals surface area contributed by atoms with E-state index in [0.717, 1.165) is 57.4 Å². The van der Waals surface area contributed by atoms with Gasteiger partial charge in [0.15, 0.2) is 0 Å². The molecule has 3 N–H and O–H groups in total. The Hall–Kier alpha value is -2.03. The second kappa shape index (κ2) is 9.19. The van der Waals surface area contributed by atoms with Gasteiger partial charge in [0.1, 0.15) is 6.04 Å². The molecule has 0 bridgehead atoms. The molecule has 158 valence electrons. The molecule has 2 heterocycles. The summed E-state index contributed by atoms with van der Waals surface area (Å²) in [4.78, 5) is 25.6.